The van der Waals surface area contributed by atoms with E-state index >= 15 is 0 Å². The maximum atomic E-state index is 13.7. The number of nitrogens with one attached hydrogen (secondary N) is 1. The van der Waals surface area contributed by atoms with Gasteiger partial charge in [0.25, 0.3) is 0 Å². The monoisotopic (exact) mass is 321 g/mol. The van der Waals surface area contributed by atoms with Crippen LogP contribution in [0.5, 0.6) is 5.75 Å². The molecule has 0 bridgehead atoms. The van der Waals surface area contributed by atoms with Crippen LogP contribution >= 0.6 is 0 Å². The van der Waals surface area contributed by atoms with Crippen molar-refractivity contribution >= 4 is 15.5 Å². The van der Waals surface area contributed by atoms with Crippen LogP contribution in [0.3, 0.4) is 0 Å². The standard InChI is InChI=1S/C16H16FNO3S/c1-22(19,20)12-7-5-11(6-8-12)18-15-9-10-21-16-13(15)3-2-4-14(16)17/h2-8,15,18H,9-10H2,1H3/t15-/m0/s1. The minimum absolute atomic E-state index is 0.0662. The molecule has 0 unspecified atom stereocenters. The molecule has 22 heavy (non-hydrogen) atoms. The van der Waals surface area contributed by atoms with Crippen LogP contribution in [0.4, 0.5) is 10.1 Å². The highest BCUT2D eigenvalue weighted by atomic mass is 32.2. The van der Waals surface area contributed by atoms with Gasteiger partial charge in [-0.15, -0.1) is 0 Å². The minimum atomic E-state index is -3.20. The van der Waals surface area contributed by atoms with Gasteiger partial charge in [-0.25, -0.2) is 12.8 Å². The van der Waals surface area contributed by atoms with Crippen LogP contribution in [0.15, 0.2) is 47.4 Å². The second-order valence-electron chi connectivity index (χ2n) is 5.29. The molecule has 0 spiro atoms. The van der Waals surface area contributed by atoms with Crippen molar-refractivity contribution in [2.75, 3.05) is 18.2 Å². The van der Waals surface area contributed by atoms with Crippen LogP contribution in [-0.4, -0.2) is 21.3 Å². The fourth-order valence-electron chi connectivity index (χ4n) is 2.54. The third-order valence-corrected chi connectivity index (χ3v) is 4.78. The Kier molecular flexibility index (Phi) is 3.78. The molecule has 0 radical (unpaired) electrons. The van der Waals surface area contributed by atoms with Gasteiger partial charge >= 0.3 is 0 Å². The zero-order chi connectivity index (χ0) is 15.7. The molecule has 4 nitrogen and oxygen atoms in total. The molecule has 1 aliphatic heterocycles. The predicted molar refractivity (Wildman–Crippen MR) is 82.4 cm³/mol. The van der Waals surface area contributed by atoms with Crippen LogP contribution in [0.1, 0.15) is 18.0 Å². The van der Waals surface area contributed by atoms with E-state index in [1.54, 1.807) is 30.3 Å². The van der Waals surface area contributed by atoms with Crippen molar-refractivity contribution in [2.24, 2.45) is 0 Å². The minimum Gasteiger partial charge on any atom is -0.490 e. The van der Waals surface area contributed by atoms with E-state index in [1.165, 1.54) is 12.3 Å². The third-order valence-electron chi connectivity index (χ3n) is 3.65. The van der Waals surface area contributed by atoms with E-state index in [0.29, 0.717) is 18.8 Å². The lowest BCUT2D eigenvalue weighted by Crippen LogP contribution is -2.21. The average molecular weight is 321 g/mol. The maximum absolute atomic E-state index is 13.7. The van der Waals surface area contributed by atoms with Crippen molar-refractivity contribution in [1.82, 2.24) is 0 Å². The third kappa shape index (κ3) is 2.92. The Hall–Kier alpha value is -2.08. The molecule has 0 fully saturated rings. The summed E-state index contributed by atoms with van der Waals surface area (Å²) in [5, 5.41) is 3.30. The van der Waals surface area contributed by atoms with Crippen molar-refractivity contribution in [3.8, 4) is 5.75 Å². The van der Waals surface area contributed by atoms with Crippen LogP contribution in [0, 0.1) is 5.82 Å². The first-order valence-corrected chi connectivity index (χ1v) is 8.82. The molecular formula is C16H16FNO3S. The normalized spacial score (nSPS) is 17.5. The van der Waals surface area contributed by atoms with Gasteiger partial charge < -0.3 is 10.1 Å². The second-order valence-corrected chi connectivity index (χ2v) is 7.30. The highest BCUT2D eigenvalue weighted by molar-refractivity contribution is 7.90. The number of benzene rings is 2. The quantitative estimate of drug-likeness (QED) is 0.943. The molecule has 0 aromatic heterocycles. The Labute approximate surface area is 128 Å². The number of anilines is 1. The summed E-state index contributed by atoms with van der Waals surface area (Å²) in [5.74, 6) is -0.0737. The van der Waals surface area contributed by atoms with E-state index in [1.807, 2.05) is 6.07 Å². The summed E-state index contributed by atoms with van der Waals surface area (Å²) in [6.07, 6.45) is 1.89. The second kappa shape index (κ2) is 5.61. The highest BCUT2D eigenvalue weighted by Crippen LogP contribution is 2.36. The van der Waals surface area contributed by atoms with Crippen molar-refractivity contribution in [3.63, 3.8) is 0 Å². The van der Waals surface area contributed by atoms with Gasteiger partial charge in [-0.2, -0.15) is 0 Å². The number of halogens is 1. The van der Waals surface area contributed by atoms with Crippen LogP contribution < -0.4 is 10.1 Å². The van der Waals surface area contributed by atoms with Crippen molar-refractivity contribution in [3.05, 3.63) is 53.8 Å². The maximum Gasteiger partial charge on any atom is 0.175 e. The largest absolute Gasteiger partial charge is 0.490 e. The van der Waals surface area contributed by atoms with Gasteiger partial charge in [-0.3, -0.25) is 0 Å². The van der Waals surface area contributed by atoms with E-state index in [-0.39, 0.29) is 16.8 Å². The van der Waals surface area contributed by atoms with E-state index in [0.717, 1.165) is 11.3 Å². The average Bonchev–Trinajstić information content (AvgIpc) is 2.48. The van der Waals surface area contributed by atoms with E-state index in [2.05, 4.69) is 5.32 Å². The van der Waals surface area contributed by atoms with E-state index < -0.39 is 9.84 Å². The molecule has 6 heteroatoms. The van der Waals surface area contributed by atoms with Crippen LogP contribution in [0.2, 0.25) is 0 Å². The number of ether oxygens (including phenoxy) is 1. The number of sulfone groups is 1. The van der Waals surface area contributed by atoms with Gasteiger partial charge in [0.1, 0.15) is 0 Å². The topological polar surface area (TPSA) is 55.4 Å². The number of hydrogen-bond acceptors (Lipinski definition) is 4. The highest BCUT2D eigenvalue weighted by Gasteiger charge is 2.23. The van der Waals surface area contributed by atoms with Gasteiger partial charge in [0.2, 0.25) is 0 Å². The van der Waals surface area contributed by atoms with Gasteiger partial charge in [-0.1, -0.05) is 12.1 Å². The molecule has 2 aromatic rings. The smallest absolute Gasteiger partial charge is 0.175 e. The SMILES string of the molecule is CS(=O)(=O)c1ccc(N[C@H]2CCOc3c(F)cccc32)cc1. The fraction of sp³-hybridized carbons (Fsp3) is 0.250. The molecule has 3 rings (SSSR count). The van der Waals surface area contributed by atoms with Gasteiger partial charge in [0, 0.05) is 23.9 Å². The lowest BCUT2D eigenvalue weighted by molar-refractivity contribution is 0.260. The summed E-state index contributed by atoms with van der Waals surface area (Å²) >= 11 is 0. The molecule has 1 N–H and O–H groups in total. The summed E-state index contributed by atoms with van der Waals surface area (Å²) in [6.45, 7) is 0.438. The molecule has 0 aliphatic carbocycles. The Bertz CT molecular complexity index is 788. The molecule has 1 heterocycles. The summed E-state index contributed by atoms with van der Waals surface area (Å²) in [5.41, 5.74) is 1.56. The zero-order valence-electron chi connectivity index (χ0n) is 12.0. The Morgan fingerprint density at radius 2 is 1.91 bits per heavy atom. The fourth-order valence-corrected chi connectivity index (χ4v) is 3.17. The summed E-state index contributed by atoms with van der Waals surface area (Å²) < 4.78 is 42.1. The number of rotatable bonds is 3. The Balaban J connectivity index is 1.85. The van der Waals surface area contributed by atoms with E-state index in [4.69, 9.17) is 4.74 Å². The molecule has 0 amide bonds. The summed E-state index contributed by atoms with van der Waals surface area (Å²) in [4.78, 5) is 0.275. The number of hydrogen-bond donors (Lipinski definition) is 1. The Morgan fingerprint density at radius 3 is 2.59 bits per heavy atom. The molecule has 116 valence electrons. The lowest BCUT2D eigenvalue weighted by Gasteiger charge is -2.27. The van der Waals surface area contributed by atoms with Gasteiger partial charge in [0.15, 0.2) is 21.4 Å². The molecule has 1 atom stereocenters. The first-order valence-electron chi connectivity index (χ1n) is 6.93. The van der Waals surface area contributed by atoms with Crippen molar-refractivity contribution in [1.29, 1.82) is 0 Å². The van der Waals surface area contributed by atoms with Crippen molar-refractivity contribution in [2.45, 2.75) is 17.4 Å². The predicted octanol–water partition coefficient (Wildman–Crippen LogP) is 3.16. The van der Waals surface area contributed by atoms with Crippen LogP contribution in [0.25, 0.3) is 0 Å². The molecule has 0 saturated carbocycles. The van der Waals surface area contributed by atoms with Crippen LogP contribution in [-0.2, 0) is 9.84 Å². The zero-order valence-corrected chi connectivity index (χ0v) is 12.9. The first-order chi connectivity index (χ1) is 10.4. The molecule has 1 aliphatic rings. The number of fused-ring (bicyclic) bond motifs is 1. The molecule has 2 aromatic carbocycles. The first kappa shape index (κ1) is 14.8. The van der Waals surface area contributed by atoms with Crippen molar-refractivity contribution < 1.29 is 17.5 Å². The Morgan fingerprint density at radius 1 is 1.18 bits per heavy atom. The lowest BCUT2D eigenvalue weighted by atomic mass is 10.00. The summed E-state index contributed by atoms with van der Waals surface area (Å²) in [6, 6.07) is 11.3. The van der Waals surface area contributed by atoms with E-state index in [9.17, 15) is 12.8 Å². The molecular weight excluding hydrogens is 305 g/mol. The van der Waals surface area contributed by atoms with Gasteiger partial charge in [-0.05, 0) is 30.3 Å². The number of para-hydroxylation sites is 1. The van der Waals surface area contributed by atoms with Gasteiger partial charge in [0.05, 0.1) is 17.5 Å². The summed E-state index contributed by atoms with van der Waals surface area (Å²) in [7, 11) is -3.20. The molecule has 0 saturated heterocycles.